The zero-order valence-corrected chi connectivity index (χ0v) is 19.8. The molecule has 0 fully saturated rings. The number of alkyl halides is 2. The van der Waals surface area contributed by atoms with Gasteiger partial charge in [-0.15, -0.1) is 0 Å². The fourth-order valence-corrected chi connectivity index (χ4v) is 3.21. The number of rotatable bonds is 13. The van der Waals surface area contributed by atoms with E-state index in [1.165, 1.54) is 0 Å². The highest BCUT2D eigenvalue weighted by atomic mass is 32.2. The van der Waals surface area contributed by atoms with Gasteiger partial charge < -0.3 is 9.47 Å². The highest BCUT2D eigenvalue weighted by molar-refractivity contribution is 7.87. The molecule has 1 atom stereocenters. The first-order valence-electron chi connectivity index (χ1n) is 10.1. The number of carbonyl (C=O) groups is 2. The Kier molecular flexibility index (Phi) is 9.90. The molecule has 0 spiro atoms. The van der Waals surface area contributed by atoms with Crippen molar-refractivity contribution in [1.82, 2.24) is 0 Å². The Labute approximate surface area is 178 Å². The van der Waals surface area contributed by atoms with E-state index in [2.05, 4.69) is 25.5 Å². The molecule has 0 aromatic carbocycles. The number of carbonyl (C=O) groups excluding carboxylic acids is 2. The van der Waals surface area contributed by atoms with E-state index in [0.717, 1.165) is 12.8 Å². The maximum absolute atomic E-state index is 13.1. The van der Waals surface area contributed by atoms with Gasteiger partial charge in [-0.05, 0) is 43.4 Å². The number of esters is 2. The van der Waals surface area contributed by atoms with Gasteiger partial charge in [-0.1, -0.05) is 48.0 Å². The lowest BCUT2D eigenvalue weighted by Gasteiger charge is -2.45. The topological polar surface area (TPSA) is 107 Å². The van der Waals surface area contributed by atoms with Gasteiger partial charge >= 0.3 is 27.3 Å². The van der Waals surface area contributed by atoms with Crippen LogP contribution in [-0.4, -0.2) is 43.4 Å². The molecule has 10 heteroatoms. The van der Waals surface area contributed by atoms with Crippen LogP contribution in [0.4, 0.5) is 8.78 Å². The first kappa shape index (κ1) is 28.7. The molecule has 0 aliphatic heterocycles. The Morgan fingerprint density at radius 3 is 1.67 bits per heavy atom. The highest BCUT2D eigenvalue weighted by Gasteiger charge is 2.54. The normalized spacial score (nSPS) is 15.4. The summed E-state index contributed by atoms with van der Waals surface area (Å²) in [4.78, 5) is 24.0. The van der Waals surface area contributed by atoms with Gasteiger partial charge in [0, 0.05) is 0 Å². The minimum atomic E-state index is -5.89. The molecule has 1 N–H and O–H groups in total. The SMILES string of the molecule is CCC(C)(C)CC(C)(C(=O)OCCCCOC(=O)C(F)(F)S(=O)(=O)O)C(C)(C)CC. The van der Waals surface area contributed by atoms with Gasteiger partial charge in [0.15, 0.2) is 0 Å². The van der Waals surface area contributed by atoms with Crippen molar-refractivity contribution in [3.63, 3.8) is 0 Å². The van der Waals surface area contributed by atoms with E-state index in [9.17, 15) is 26.8 Å². The van der Waals surface area contributed by atoms with Crippen LogP contribution in [0, 0.1) is 16.2 Å². The Bertz CT molecular complexity index is 702. The van der Waals surface area contributed by atoms with Crippen molar-refractivity contribution in [3.05, 3.63) is 0 Å². The molecule has 0 aromatic heterocycles. The van der Waals surface area contributed by atoms with Crippen LogP contribution in [0.2, 0.25) is 0 Å². The molecule has 0 radical (unpaired) electrons. The van der Waals surface area contributed by atoms with Gasteiger partial charge in [0.05, 0.1) is 18.6 Å². The fraction of sp³-hybridized carbons (Fsp3) is 0.900. The molecule has 0 bridgehead atoms. The molecule has 0 aliphatic carbocycles. The molecule has 1 unspecified atom stereocenters. The van der Waals surface area contributed by atoms with Crippen molar-refractivity contribution in [1.29, 1.82) is 0 Å². The van der Waals surface area contributed by atoms with E-state index in [1.807, 2.05) is 27.7 Å². The maximum Gasteiger partial charge on any atom is 0.465 e. The Morgan fingerprint density at radius 1 is 0.867 bits per heavy atom. The number of hydrogen-bond donors (Lipinski definition) is 1. The summed E-state index contributed by atoms with van der Waals surface area (Å²) in [6.45, 7) is 13.7. The van der Waals surface area contributed by atoms with Crippen molar-refractivity contribution in [2.24, 2.45) is 16.2 Å². The third kappa shape index (κ3) is 7.14. The lowest BCUT2D eigenvalue weighted by atomic mass is 9.58. The van der Waals surface area contributed by atoms with Crippen LogP contribution < -0.4 is 0 Å². The lowest BCUT2D eigenvalue weighted by Crippen LogP contribution is -2.46. The van der Waals surface area contributed by atoms with E-state index >= 15 is 0 Å². The molecule has 0 heterocycles. The van der Waals surface area contributed by atoms with E-state index in [0.29, 0.717) is 6.42 Å². The summed E-state index contributed by atoms with van der Waals surface area (Å²) < 4.78 is 65.1. The van der Waals surface area contributed by atoms with Gasteiger partial charge in [-0.2, -0.15) is 17.2 Å². The highest BCUT2D eigenvalue weighted by Crippen LogP contribution is 2.50. The predicted molar refractivity (Wildman–Crippen MR) is 109 cm³/mol. The zero-order chi connectivity index (χ0) is 24.0. The molecule has 0 saturated heterocycles. The largest absolute Gasteiger partial charge is 0.465 e. The molecule has 0 saturated carbocycles. The van der Waals surface area contributed by atoms with Crippen LogP contribution in [-0.2, 0) is 29.2 Å². The van der Waals surface area contributed by atoms with Gasteiger partial charge in [0.2, 0.25) is 0 Å². The minimum absolute atomic E-state index is 0.00696. The molecule has 0 amide bonds. The van der Waals surface area contributed by atoms with E-state index in [-0.39, 0.29) is 36.2 Å². The first-order valence-corrected chi connectivity index (χ1v) is 11.5. The molecule has 30 heavy (non-hydrogen) atoms. The van der Waals surface area contributed by atoms with E-state index < -0.39 is 33.4 Å². The standard InChI is InChI=1S/C20H36F2O7S/c1-8-17(3,4)14-19(7,18(5,6)9-2)15(23)28-12-10-11-13-29-16(24)20(21,22)30(25,26)27/h8-14H2,1-7H3,(H,25,26,27). The zero-order valence-electron chi connectivity index (χ0n) is 19.0. The third-order valence-corrected chi connectivity index (χ3v) is 7.00. The lowest BCUT2D eigenvalue weighted by molar-refractivity contribution is -0.167. The van der Waals surface area contributed by atoms with Crippen molar-refractivity contribution in [2.75, 3.05) is 13.2 Å². The fourth-order valence-electron chi connectivity index (χ4n) is 2.94. The maximum atomic E-state index is 13.1. The first-order chi connectivity index (χ1) is 13.4. The minimum Gasteiger partial charge on any atom is -0.465 e. The predicted octanol–water partition coefficient (Wildman–Crippen LogP) is 4.60. The Morgan fingerprint density at radius 2 is 1.30 bits per heavy atom. The van der Waals surface area contributed by atoms with Crippen LogP contribution in [0.1, 0.15) is 80.6 Å². The Hall–Kier alpha value is -1.29. The molecule has 7 nitrogen and oxygen atoms in total. The van der Waals surface area contributed by atoms with Crippen molar-refractivity contribution in [3.8, 4) is 0 Å². The van der Waals surface area contributed by atoms with Crippen LogP contribution >= 0.6 is 0 Å². The third-order valence-electron chi connectivity index (χ3n) is 6.18. The van der Waals surface area contributed by atoms with Gasteiger partial charge in [0.25, 0.3) is 0 Å². The second kappa shape index (κ2) is 10.3. The number of ether oxygens (including phenoxy) is 2. The summed E-state index contributed by atoms with van der Waals surface area (Å²) in [5.41, 5.74) is -1.11. The molecule has 178 valence electrons. The van der Waals surface area contributed by atoms with E-state index in [1.54, 1.807) is 0 Å². The van der Waals surface area contributed by atoms with Gasteiger partial charge in [-0.25, -0.2) is 4.79 Å². The summed E-state index contributed by atoms with van der Waals surface area (Å²) in [5.74, 6) is -2.69. The second-order valence-electron chi connectivity index (χ2n) is 9.23. The summed E-state index contributed by atoms with van der Waals surface area (Å²) in [5, 5.41) is -5.01. The number of hydrogen-bond acceptors (Lipinski definition) is 6. The van der Waals surface area contributed by atoms with Crippen LogP contribution in [0.5, 0.6) is 0 Å². The summed E-state index contributed by atoms with van der Waals surface area (Å²) in [6.07, 6.45) is 2.62. The van der Waals surface area contributed by atoms with Crippen LogP contribution in [0.25, 0.3) is 0 Å². The molecule has 0 rings (SSSR count). The van der Waals surface area contributed by atoms with Crippen LogP contribution in [0.3, 0.4) is 0 Å². The Balaban J connectivity index is 4.78. The summed E-state index contributed by atoms with van der Waals surface area (Å²) in [6, 6.07) is 0. The summed E-state index contributed by atoms with van der Waals surface area (Å²) in [7, 11) is -5.89. The average molecular weight is 459 g/mol. The molecular weight excluding hydrogens is 422 g/mol. The number of unbranched alkanes of at least 4 members (excludes halogenated alkanes) is 1. The molecule has 0 aliphatic rings. The van der Waals surface area contributed by atoms with Crippen LogP contribution in [0.15, 0.2) is 0 Å². The summed E-state index contributed by atoms with van der Waals surface area (Å²) >= 11 is 0. The average Bonchev–Trinajstić information content (AvgIpc) is 2.62. The molecular formula is C20H36F2O7S. The monoisotopic (exact) mass is 458 g/mol. The van der Waals surface area contributed by atoms with Gasteiger partial charge in [-0.3, -0.25) is 9.35 Å². The van der Waals surface area contributed by atoms with Crippen molar-refractivity contribution in [2.45, 2.75) is 85.8 Å². The number of halogens is 2. The van der Waals surface area contributed by atoms with Crippen molar-refractivity contribution < 1.29 is 40.8 Å². The smallest absolute Gasteiger partial charge is 0.465 e. The van der Waals surface area contributed by atoms with Gasteiger partial charge in [0.1, 0.15) is 0 Å². The quantitative estimate of drug-likeness (QED) is 0.244. The van der Waals surface area contributed by atoms with E-state index in [4.69, 9.17) is 9.29 Å². The second-order valence-corrected chi connectivity index (χ2v) is 10.7. The molecule has 0 aromatic rings. The van der Waals surface area contributed by atoms with Crippen molar-refractivity contribution >= 4 is 22.1 Å².